The number of halogens is 1. The molecule has 2 heterocycles. The number of nitrogens with zero attached hydrogens (tertiary/aromatic N) is 1. The highest BCUT2D eigenvalue weighted by Crippen LogP contribution is 2.22. The number of hydrogen-bond acceptors (Lipinski definition) is 3. The van der Waals surface area contributed by atoms with Crippen LogP contribution in [0.5, 0.6) is 0 Å². The summed E-state index contributed by atoms with van der Waals surface area (Å²) in [5.74, 6) is 0.290. The number of amides is 1. The highest BCUT2D eigenvalue weighted by atomic mass is 35.5. The van der Waals surface area contributed by atoms with Crippen molar-refractivity contribution >= 4 is 29.7 Å². The Hall–Kier alpha value is -0.580. The van der Waals surface area contributed by atoms with E-state index in [1.54, 1.807) is 0 Å². The van der Waals surface area contributed by atoms with Crippen molar-refractivity contribution < 1.29 is 4.79 Å². The van der Waals surface area contributed by atoms with Gasteiger partial charge in [0.2, 0.25) is 5.91 Å². The third kappa shape index (κ3) is 4.47. The average Bonchev–Trinajstić information content (AvgIpc) is 2.98. The van der Waals surface area contributed by atoms with Crippen LogP contribution in [0.2, 0.25) is 0 Å². The lowest BCUT2D eigenvalue weighted by molar-refractivity contribution is -0.131. The molecule has 0 aliphatic carbocycles. The maximum absolute atomic E-state index is 12.1. The molecule has 3 nitrogen and oxygen atoms in total. The summed E-state index contributed by atoms with van der Waals surface area (Å²) in [6.45, 7) is 6.30. The molecule has 1 aliphatic rings. The molecule has 0 spiro atoms. The van der Waals surface area contributed by atoms with E-state index in [1.807, 2.05) is 23.3 Å². The molecule has 1 fully saturated rings. The van der Waals surface area contributed by atoms with Crippen LogP contribution in [0.15, 0.2) is 6.07 Å². The molecule has 2 rings (SSSR count). The molecule has 114 valence electrons. The molecular weight excluding hydrogens is 292 g/mol. The molecule has 0 radical (unpaired) electrons. The second-order valence-electron chi connectivity index (χ2n) is 5.44. The van der Waals surface area contributed by atoms with Crippen molar-refractivity contribution in [3.05, 3.63) is 21.4 Å². The molecule has 1 aromatic heterocycles. The summed E-state index contributed by atoms with van der Waals surface area (Å²) < 4.78 is 0. The largest absolute Gasteiger partial charge is 0.341 e. The van der Waals surface area contributed by atoms with Crippen molar-refractivity contribution in [3.63, 3.8) is 0 Å². The lowest BCUT2D eigenvalue weighted by Crippen LogP contribution is -2.38. The molecule has 0 saturated carbocycles. The number of carbonyl (C=O) groups is 1. The Morgan fingerprint density at radius 2 is 2.25 bits per heavy atom. The SMILES string of the molecule is Cc1cc(CCCC(=O)N(C)C2CCNC2)c(C)s1.Cl. The first kappa shape index (κ1) is 17.5. The molecular formula is C15H25ClN2OS. The fraction of sp³-hybridized carbons (Fsp3) is 0.667. The van der Waals surface area contributed by atoms with Crippen molar-refractivity contribution in [2.75, 3.05) is 20.1 Å². The lowest BCUT2D eigenvalue weighted by Gasteiger charge is -2.23. The van der Waals surface area contributed by atoms with E-state index in [4.69, 9.17) is 0 Å². The van der Waals surface area contributed by atoms with Crippen LogP contribution in [-0.4, -0.2) is 37.0 Å². The number of hydrogen-bond donors (Lipinski definition) is 1. The van der Waals surface area contributed by atoms with Crippen LogP contribution in [0.1, 0.15) is 34.6 Å². The number of rotatable bonds is 5. The number of aryl methyl sites for hydroxylation is 3. The Balaban J connectivity index is 0.00000200. The van der Waals surface area contributed by atoms with Crippen LogP contribution >= 0.6 is 23.7 Å². The van der Waals surface area contributed by atoms with Gasteiger partial charge in [0.1, 0.15) is 0 Å². The predicted octanol–water partition coefficient (Wildman–Crippen LogP) is 2.93. The van der Waals surface area contributed by atoms with Gasteiger partial charge in [-0.1, -0.05) is 0 Å². The van der Waals surface area contributed by atoms with Gasteiger partial charge in [-0.25, -0.2) is 0 Å². The van der Waals surface area contributed by atoms with Crippen LogP contribution in [-0.2, 0) is 11.2 Å². The molecule has 1 aliphatic heterocycles. The topological polar surface area (TPSA) is 32.3 Å². The van der Waals surface area contributed by atoms with Gasteiger partial charge in [-0.15, -0.1) is 23.7 Å². The maximum Gasteiger partial charge on any atom is 0.222 e. The van der Waals surface area contributed by atoms with Gasteiger partial charge in [-0.05, 0) is 51.3 Å². The zero-order valence-corrected chi connectivity index (χ0v) is 14.2. The molecule has 1 saturated heterocycles. The molecule has 1 atom stereocenters. The van der Waals surface area contributed by atoms with Crippen LogP contribution in [0.3, 0.4) is 0 Å². The van der Waals surface area contributed by atoms with Gasteiger partial charge < -0.3 is 10.2 Å². The Morgan fingerprint density at radius 1 is 1.50 bits per heavy atom. The van der Waals surface area contributed by atoms with E-state index in [0.717, 1.165) is 32.4 Å². The molecule has 0 aromatic carbocycles. The van der Waals surface area contributed by atoms with Gasteiger partial charge >= 0.3 is 0 Å². The van der Waals surface area contributed by atoms with Crippen molar-refractivity contribution in [3.8, 4) is 0 Å². The third-order valence-electron chi connectivity index (χ3n) is 3.96. The lowest BCUT2D eigenvalue weighted by atomic mass is 10.1. The van der Waals surface area contributed by atoms with Crippen LogP contribution in [0, 0.1) is 13.8 Å². The van der Waals surface area contributed by atoms with Gasteiger partial charge in [0, 0.05) is 35.8 Å². The van der Waals surface area contributed by atoms with E-state index in [-0.39, 0.29) is 12.4 Å². The van der Waals surface area contributed by atoms with Crippen molar-refractivity contribution in [2.45, 2.75) is 45.6 Å². The summed E-state index contributed by atoms with van der Waals surface area (Å²) in [4.78, 5) is 16.8. The standard InChI is InChI=1S/C15H24N2OS.ClH/c1-11-9-13(12(2)19-11)5-4-6-15(18)17(3)14-7-8-16-10-14;/h9,14,16H,4-8,10H2,1-3H3;1H. The first-order chi connectivity index (χ1) is 9.08. The predicted molar refractivity (Wildman–Crippen MR) is 88.0 cm³/mol. The van der Waals surface area contributed by atoms with Gasteiger partial charge in [-0.2, -0.15) is 0 Å². The summed E-state index contributed by atoms with van der Waals surface area (Å²) >= 11 is 1.85. The van der Waals surface area contributed by atoms with E-state index in [9.17, 15) is 4.79 Å². The van der Waals surface area contributed by atoms with Crippen LogP contribution in [0.25, 0.3) is 0 Å². The minimum atomic E-state index is 0. The summed E-state index contributed by atoms with van der Waals surface area (Å²) in [6.07, 6.45) is 3.74. The van der Waals surface area contributed by atoms with Crippen molar-refractivity contribution in [2.24, 2.45) is 0 Å². The number of thiophene rings is 1. The summed E-state index contributed by atoms with van der Waals surface area (Å²) in [5, 5.41) is 3.31. The van der Waals surface area contributed by atoms with Gasteiger partial charge in [0.25, 0.3) is 0 Å². The molecule has 1 N–H and O–H groups in total. The summed E-state index contributed by atoms with van der Waals surface area (Å²) in [6, 6.07) is 2.66. The van der Waals surface area contributed by atoms with E-state index in [1.165, 1.54) is 15.3 Å². The Bertz CT molecular complexity index is 441. The van der Waals surface area contributed by atoms with Crippen LogP contribution in [0.4, 0.5) is 0 Å². The quantitative estimate of drug-likeness (QED) is 0.906. The second-order valence-corrected chi connectivity index (χ2v) is 6.90. The maximum atomic E-state index is 12.1. The monoisotopic (exact) mass is 316 g/mol. The Labute approximate surface area is 132 Å². The molecule has 5 heteroatoms. The minimum absolute atomic E-state index is 0. The van der Waals surface area contributed by atoms with Crippen molar-refractivity contribution in [1.82, 2.24) is 10.2 Å². The number of nitrogens with one attached hydrogen (secondary N) is 1. The molecule has 1 unspecified atom stereocenters. The molecule has 20 heavy (non-hydrogen) atoms. The molecule has 0 bridgehead atoms. The fourth-order valence-corrected chi connectivity index (χ4v) is 3.69. The zero-order chi connectivity index (χ0) is 13.8. The summed E-state index contributed by atoms with van der Waals surface area (Å²) in [5.41, 5.74) is 1.42. The van der Waals surface area contributed by atoms with Gasteiger partial charge in [-0.3, -0.25) is 4.79 Å². The summed E-state index contributed by atoms with van der Waals surface area (Å²) in [7, 11) is 1.94. The average molecular weight is 317 g/mol. The van der Waals surface area contributed by atoms with Crippen LogP contribution < -0.4 is 5.32 Å². The fourth-order valence-electron chi connectivity index (χ4n) is 2.71. The second kappa shape index (κ2) is 8.01. The first-order valence-electron chi connectivity index (χ1n) is 7.10. The molecule has 1 amide bonds. The Kier molecular flexibility index (Phi) is 7.00. The highest BCUT2D eigenvalue weighted by Gasteiger charge is 2.22. The van der Waals surface area contributed by atoms with E-state index in [0.29, 0.717) is 18.4 Å². The number of carbonyl (C=O) groups excluding carboxylic acids is 1. The number of likely N-dealkylation sites (N-methyl/N-ethyl adjacent to an activating group) is 1. The first-order valence-corrected chi connectivity index (χ1v) is 7.92. The van der Waals surface area contributed by atoms with Crippen molar-refractivity contribution in [1.29, 1.82) is 0 Å². The smallest absolute Gasteiger partial charge is 0.222 e. The van der Waals surface area contributed by atoms with E-state index in [2.05, 4.69) is 25.2 Å². The highest BCUT2D eigenvalue weighted by molar-refractivity contribution is 7.12. The van der Waals surface area contributed by atoms with E-state index < -0.39 is 0 Å². The minimum Gasteiger partial charge on any atom is -0.341 e. The zero-order valence-electron chi connectivity index (χ0n) is 12.6. The van der Waals surface area contributed by atoms with E-state index >= 15 is 0 Å². The van der Waals surface area contributed by atoms with Gasteiger partial charge in [0.15, 0.2) is 0 Å². The third-order valence-corrected chi connectivity index (χ3v) is 4.96. The Morgan fingerprint density at radius 3 is 2.80 bits per heavy atom. The normalized spacial score (nSPS) is 17.9. The molecule has 1 aromatic rings. The van der Waals surface area contributed by atoms with Gasteiger partial charge in [0.05, 0.1) is 0 Å².